The Bertz CT molecular complexity index is 550. The predicted molar refractivity (Wildman–Crippen MR) is 81.1 cm³/mol. The second-order valence-corrected chi connectivity index (χ2v) is 5.13. The topological polar surface area (TPSA) is 49.7 Å². The predicted octanol–water partition coefficient (Wildman–Crippen LogP) is 2.07. The zero-order valence-electron chi connectivity index (χ0n) is 11.8. The van der Waals surface area contributed by atoms with E-state index in [1.54, 1.807) is 24.3 Å². The van der Waals surface area contributed by atoms with E-state index in [1.807, 2.05) is 0 Å². The molecule has 0 amide bonds. The molecule has 2 aromatic rings. The summed E-state index contributed by atoms with van der Waals surface area (Å²) in [5.41, 5.74) is 2.82. The van der Waals surface area contributed by atoms with Gasteiger partial charge in [-0.2, -0.15) is 0 Å². The van der Waals surface area contributed by atoms with Crippen molar-refractivity contribution in [2.24, 2.45) is 0 Å². The maximum absolute atomic E-state index is 9.12. The zero-order valence-corrected chi connectivity index (χ0v) is 11.8. The quantitative estimate of drug-likeness (QED) is 0.818. The average Bonchev–Trinajstić information content (AvgIpc) is 2.46. The molecule has 2 rings (SSSR count). The average molecular weight is 270 g/mol. The number of hydrogen-bond acceptors (Lipinski definition) is 3. The first-order chi connectivity index (χ1) is 9.56. The van der Waals surface area contributed by atoms with Crippen LogP contribution in [0.5, 0.6) is 5.75 Å². The Morgan fingerprint density at radius 1 is 1.05 bits per heavy atom. The van der Waals surface area contributed by atoms with Gasteiger partial charge in [0.25, 0.3) is 0 Å². The molecular formula is C16H19BO3. The van der Waals surface area contributed by atoms with Gasteiger partial charge in [-0.1, -0.05) is 50.2 Å². The first-order valence-electron chi connectivity index (χ1n) is 6.74. The molecule has 0 unspecified atom stereocenters. The molecule has 4 heteroatoms. The molecule has 0 spiro atoms. The standard InChI is InChI=1S/C16H19BO3/c1-12(2)14-8-6-13(7-9-14)11-20-16-5-3-4-15(10-16)17(18)19/h3-10,12,18-19H,11H2,1-2H3. The van der Waals surface area contributed by atoms with Crippen LogP contribution in [0.15, 0.2) is 48.5 Å². The van der Waals surface area contributed by atoms with Crippen LogP contribution in [-0.2, 0) is 6.61 Å². The fourth-order valence-electron chi connectivity index (χ4n) is 1.93. The van der Waals surface area contributed by atoms with Crippen LogP contribution in [0.4, 0.5) is 0 Å². The first-order valence-corrected chi connectivity index (χ1v) is 6.74. The summed E-state index contributed by atoms with van der Waals surface area (Å²) < 4.78 is 5.66. The van der Waals surface area contributed by atoms with Gasteiger partial charge in [0.15, 0.2) is 0 Å². The molecule has 2 aromatic carbocycles. The number of ether oxygens (including phenoxy) is 1. The van der Waals surface area contributed by atoms with Gasteiger partial charge < -0.3 is 14.8 Å². The summed E-state index contributed by atoms with van der Waals surface area (Å²) >= 11 is 0. The third-order valence-electron chi connectivity index (χ3n) is 3.21. The molecule has 0 heterocycles. The minimum absolute atomic E-state index is 0.428. The van der Waals surface area contributed by atoms with E-state index in [9.17, 15) is 0 Å². The molecule has 3 nitrogen and oxygen atoms in total. The van der Waals surface area contributed by atoms with Gasteiger partial charge in [0.2, 0.25) is 0 Å². The lowest BCUT2D eigenvalue weighted by Crippen LogP contribution is -2.29. The summed E-state index contributed by atoms with van der Waals surface area (Å²) in [5, 5.41) is 18.2. The van der Waals surface area contributed by atoms with Crippen molar-refractivity contribution in [2.45, 2.75) is 26.4 Å². The molecule has 0 bridgehead atoms. The van der Waals surface area contributed by atoms with Gasteiger partial charge in [-0.3, -0.25) is 0 Å². The van der Waals surface area contributed by atoms with E-state index >= 15 is 0 Å². The van der Waals surface area contributed by atoms with Crippen molar-refractivity contribution < 1.29 is 14.8 Å². The van der Waals surface area contributed by atoms with Crippen LogP contribution in [0, 0.1) is 0 Å². The first kappa shape index (κ1) is 14.6. The van der Waals surface area contributed by atoms with Crippen LogP contribution in [0.3, 0.4) is 0 Å². The summed E-state index contributed by atoms with van der Waals surface area (Å²) in [6.45, 7) is 4.79. The minimum atomic E-state index is -1.47. The SMILES string of the molecule is CC(C)c1ccc(COc2cccc(B(O)O)c2)cc1. The van der Waals surface area contributed by atoms with Gasteiger partial charge in [0, 0.05) is 0 Å². The summed E-state index contributed by atoms with van der Waals surface area (Å²) in [5.74, 6) is 1.15. The maximum atomic E-state index is 9.12. The lowest BCUT2D eigenvalue weighted by Gasteiger charge is -2.09. The molecule has 0 saturated heterocycles. The van der Waals surface area contributed by atoms with Crippen molar-refractivity contribution in [3.05, 3.63) is 59.7 Å². The molecule has 0 fully saturated rings. The zero-order chi connectivity index (χ0) is 14.5. The van der Waals surface area contributed by atoms with Crippen molar-refractivity contribution in [3.63, 3.8) is 0 Å². The summed E-state index contributed by atoms with van der Waals surface area (Å²) in [7, 11) is -1.47. The second-order valence-electron chi connectivity index (χ2n) is 5.13. The van der Waals surface area contributed by atoms with Gasteiger partial charge in [-0.05, 0) is 34.6 Å². The van der Waals surface area contributed by atoms with E-state index in [4.69, 9.17) is 14.8 Å². The summed E-state index contributed by atoms with van der Waals surface area (Å²) in [6.07, 6.45) is 0. The smallest absolute Gasteiger partial charge is 0.488 e. The normalized spacial score (nSPS) is 10.7. The minimum Gasteiger partial charge on any atom is -0.489 e. The Balaban J connectivity index is 1.99. The molecule has 104 valence electrons. The van der Waals surface area contributed by atoms with Crippen molar-refractivity contribution >= 4 is 12.6 Å². The monoisotopic (exact) mass is 270 g/mol. The largest absolute Gasteiger partial charge is 0.489 e. The summed E-state index contributed by atoms with van der Waals surface area (Å²) in [4.78, 5) is 0. The third-order valence-corrected chi connectivity index (χ3v) is 3.21. The molecule has 0 aliphatic carbocycles. The van der Waals surface area contributed by atoms with Crippen LogP contribution >= 0.6 is 0 Å². The molecule has 20 heavy (non-hydrogen) atoms. The third kappa shape index (κ3) is 3.86. The van der Waals surface area contributed by atoms with E-state index in [0.29, 0.717) is 23.7 Å². The number of hydrogen-bond donors (Lipinski definition) is 2. The van der Waals surface area contributed by atoms with Crippen molar-refractivity contribution in [3.8, 4) is 5.75 Å². The highest BCUT2D eigenvalue weighted by atomic mass is 16.5. The Morgan fingerprint density at radius 2 is 1.75 bits per heavy atom. The Kier molecular flexibility index (Phi) is 4.82. The number of benzene rings is 2. The van der Waals surface area contributed by atoms with Crippen molar-refractivity contribution in [1.82, 2.24) is 0 Å². The van der Waals surface area contributed by atoms with Crippen LogP contribution in [0.1, 0.15) is 30.9 Å². The molecule has 0 saturated carbocycles. The Labute approximate surface area is 120 Å². The van der Waals surface area contributed by atoms with Crippen molar-refractivity contribution in [1.29, 1.82) is 0 Å². The highest BCUT2D eigenvalue weighted by Crippen LogP contribution is 2.16. The van der Waals surface area contributed by atoms with E-state index in [2.05, 4.69) is 38.1 Å². The molecule has 0 atom stereocenters. The van der Waals surface area contributed by atoms with Gasteiger partial charge in [0.05, 0.1) is 0 Å². The Hall–Kier alpha value is -1.78. The second kappa shape index (κ2) is 6.59. The van der Waals surface area contributed by atoms with Crippen LogP contribution in [0.2, 0.25) is 0 Å². The van der Waals surface area contributed by atoms with Crippen LogP contribution in [-0.4, -0.2) is 17.2 Å². The molecule has 0 aliphatic rings. The lowest BCUT2D eigenvalue weighted by molar-refractivity contribution is 0.306. The van der Waals surface area contributed by atoms with Gasteiger partial charge >= 0.3 is 7.12 Å². The van der Waals surface area contributed by atoms with E-state index in [-0.39, 0.29) is 0 Å². The molecule has 2 N–H and O–H groups in total. The van der Waals surface area contributed by atoms with Gasteiger partial charge in [0.1, 0.15) is 12.4 Å². The highest BCUT2D eigenvalue weighted by Gasteiger charge is 2.11. The van der Waals surface area contributed by atoms with Gasteiger partial charge in [-0.15, -0.1) is 0 Å². The van der Waals surface area contributed by atoms with Gasteiger partial charge in [-0.25, -0.2) is 0 Å². The molecule has 0 aromatic heterocycles. The summed E-state index contributed by atoms with van der Waals surface area (Å²) in [6, 6.07) is 15.1. The fraction of sp³-hybridized carbons (Fsp3) is 0.250. The maximum Gasteiger partial charge on any atom is 0.488 e. The lowest BCUT2D eigenvalue weighted by atomic mass is 9.80. The van der Waals surface area contributed by atoms with Crippen LogP contribution in [0.25, 0.3) is 0 Å². The van der Waals surface area contributed by atoms with E-state index in [0.717, 1.165) is 5.56 Å². The molecule has 0 aliphatic heterocycles. The van der Waals surface area contributed by atoms with E-state index < -0.39 is 7.12 Å². The van der Waals surface area contributed by atoms with E-state index in [1.165, 1.54) is 5.56 Å². The van der Waals surface area contributed by atoms with Crippen molar-refractivity contribution in [2.75, 3.05) is 0 Å². The highest BCUT2D eigenvalue weighted by molar-refractivity contribution is 6.58. The fourth-order valence-corrected chi connectivity index (χ4v) is 1.93. The molecular weight excluding hydrogens is 251 g/mol. The number of rotatable bonds is 5. The molecule has 0 radical (unpaired) electrons. The Morgan fingerprint density at radius 3 is 2.35 bits per heavy atom. The van der Waals surface area contributed by atoms with Crippen LogP contribution < -0.4 is 10.2 Å².